The average molecular weight is 584 g/mol. The van der Waals surface area contributed by atoms with Crippen LogP contribution in [-0.2, 0) is 36.1 Å². The van der Waals surface area contributed by atoms with Crippen LogP contribution in [-0.4, -0.2) is 43.1 Å². The van der Waals surface area contributed by atoms with Gasteiger partial charge < -0.3 is 14.2 Å². The molecule has 3 atom stereocenters. The Morgan fingerprint density at radius 3 is 1.82 bits per heavy atom. The summed E-state index contributed by atoms with van der Waals surface area (Å²) >= 11 is 0. The molecule has 4 rings (SSSR count). The molecular weight excluding hydrogens is 553 g/mol. The Labute approximate surface area is 229 Å². The highest BCUT2D eigenvalue weighted by Gasteiger charge is 2.51. The Morgan fingerprint density at radius 2 is 1.36 bits per heavy atom. The van der Waals surface area contributed by atoms with Gasteiger partial charge in [-0.3, -0.25) is 4.55 Å². The smallest absolute Gasteiger partial charge is 0.405 e. The van der Waals surface area contributed by atoms with E-state index in [4.69, 9.17) is 18.8 Å². The molecule has 3 aromatic carbocycles. The first-order valence-corrected chi connectivity index (χ1v) is 14.8. The zero-order valence-corrected chi connectivity index (χ0v) is 23.5. The second kappa shape index (κ2) is 10.8. The van der Waals surface area contributed by atoms with E-state index in [-0.39, 0.29) is 17.2 Å². The van der Waals surface area contributed by atoms with Crippen molar-refractivity contribution < 1.29 is 40.4 Å². The van der Waals surface area contributed by atoms with Crippen LogP contribution >= 0.6 is 0 Å². The van der Waals surface area contributed by atoms with E-state index in [1.807, 2.05) is 45.0 Å². The molecule has 0 radical (unpaired) electrons. The predicted molar refractivity (Wildman–Crippen MR) is 141 cm³/mol. The Morgan fingerprint density at radius 1 is 0.872 bits per heavy atom. The molecule has 0 spiro atoms. The lowest BCUT2D eigenvalue weighted by molar-refractivity contribution is -0.221. The van der Waals surface area contributed by atoms with Crippen LogP contribution in [0.15, 0.2) is 87.5 Å². The van der Waals surface area contributed by atoms with Crippen molar-refractivity contribution in [2.45, 2.75) is 64.9 Å². The van der Waals surface area contributed by atoms with Crippen molar-refractivity contribution in [3.63, 3.8) is 0 Å². The minimum atomic E-state index is -5.65. The van der Waals surface area contributed by atoms with Gasteiger partial charge in [-0.15, -0.1) is 0 Å². The molecule has 6 nitrogen and oxygen atoms in total. The third-order valence-corrected chi connectivity index (χ3v) is 9.67. The van der Waals surface area contributed by atoms with Gasteiger partial charge in [-0.2, -0.15) is 17.2 Å². The zero-order valence-electron chi connectivity index (χ0n) is 21.9. The van der Waals surface area contributed by atoms with E-state index in [0.29, 0.717) is 13.2 Å². The Kier molecular flexibility index (Phi) is 8.13. The number of halogens is 3. The van der Waals surface area contributed by atoms with E-state index in [2.05, 4.69) is 0 Å². The molecule has 1 aliphatic heterocycles. The van der Waals surface area contributed by atoms with Gasteiger partial charge in [0.05, 0.1) is 29.7 Å². The van der Waals surface area contributed by atoms with Crippen LogP contribution < -0.4 is 4.74 Å². The molecule has 0 aliphatic carbocycles. The Hall–Kier alpha value is -2.57. The van der Waals surface area contributed by atoms with Crippen LogP contribution in [0.2, 0.25) is 0 Å². The number of rotatable bonds is 8. The maximum atomic E-state index is 13.9. The van der Waals surface area contributed by atoms with Crippen molar-refractivity contribution in [1.82, 2.24) is 0 Å². The highest BCUT2D eigenvalue weighted by molar-refractivity contribution is 7.97. The van der Waals surface area contributed by atoms with Crippen molar-refractivity contribution in [3.8, 4) is 5.75 Å². The van der Waals surface area contributed by atoms with Gasteiger partial charge in [0.1, 0.15) is 17.2 Å². The van der Waals surface area contributed by atoms with E-state index < -0.39 is 38.0 Å². The molecule has 1 N–H and O–H groups in total. The van der Waals surface area contributed by atoms with Gasteiger partial charge in [0.2, 0.25) is 0 Å². The first-order chi connectivity index (χ1) is 18.1. The molecule has 1 saturated heterocycles. The van der Waals surface area contributed by atoms with Crippen LogP contribution in [0.5, 0.6) is 5.75 Å². The summed E-state index contributed by atoms with van der Waals surface area (Å²) in [6, 6.07) is 20.2. The van der Waals surface area contributed by atoms with Crippen LogP contribution in [0.3, 0.4) is 0 Å². The molecule has 3 aromatic rings. The molecule has 210 valence electrons. The molecule has 1 heterocycles. The van der Waals surface area contributed by atoms with Gasteiger partial charge >= 0.3 is 15.4 Å². The molecule has 11 heteroatoms. The van der Waals surface area contributed by atoms with E-state index in [1.165, 1.54) is 24.3 Å². The summed E-state index contributed by atoms with van der Waals surface area (Å²) in [7, 11) is -6.34. The third kappa shape index (κ3) is 6.44. The fourth-order valence-electron chi connectivity index (χ4n) is 3.98. The summed E-state index contributed by atoms with van der Waals surface area (Å²) in [5, 5.41) is -4.48. The van der Waals surface area contributed by atoms with Gasteiger partial charge in [-0.1, -0.05) is 12.1 Å². The van der Waals surface area contributed by atoms with E-state index in [9.17, 15) is 21.6 Å². The summed E-state index contributed by atoms with van der Waals surface area (Å²) in [6.07, 6.45) is -2.13. The van der Waals surface area contributed by atoms with E-state index >= 15 is 0 Å². The van der Waals surface area contributed by atoms with Crippen LogP contribution in [0.25, 0.3) is 0 Å². The SMILES string of the molecule is CC(Oc1ccc([S+](c2ccc(F)cc2)c2ccc(C3(C)COC(C)(C)CO3)cc2)cc1)C(F)(F)S(=O)(=O)O. The minimum absolute atomic E-state index is 0.00197. The fourth-order valence-corrected chi connectivity index (χ4v) is 6.48. The maximum absolute atomic E-state index is 13.9. The Bertz CT molecular complexity index is 1380. The topological polar surface area (TPSA) is 82.1 Å². The molecule has 0 amide bonds. The molecule has 0 saturated carbocycles. The van der Waals surface area contributed by atoms with Crippen molar-refractivity contribution in [3.05, 3.63) is 84.2 Å². The van der Waals surface area contributed by atoms with Crippen LogP contribution in [0.4, 0.5) is 13.2 Å². The largest absolute Gasteiger partial charge is 0.483 e. The lowest BCUT2D eigenvalue weighted by atomic mass is 9.94. The molecule has 0 bridgehead atoms. The maximum Gasteiger partial charge on any atom is 0.405 e. The van der Waals surface area contributed by atoms with Gasteiger partial charge in [0.15, 0.2) is 20.8 Å². The van der Waals surface area contributed by atoms with Crippen molar-refractivity contribution in [2.24, 2.45) is 0 Å². The van der Waals surface area contributed by atoms with Crippen molar-refractivity contribution in [2.75, 3.05) is 13.2 Å². The molecule has 1 fully saturated rings. The first kappa shape index (κ1) is 29.4. The van der Waals surface area contributed by atoms with Crippen LogP contribution in [0, 0.1) is 5.82 Å². The monoisotopic (exact) mass is 583 g/mol. The van der Waals surface area contributed by atoms with Gasteiger partial charge in [-0.25, -0.2) is 4.39 Å². The predicted octanol–water partition coefficient (Wildman–Crippen LogP) is 6.21. The van der Waals surface area contributed by atoms with Crippen molar-refractivity contribution >= 4 is 21.0 Å². The number of hydrogen-bond donors (Lipinski definition) is 1. The highest BCUT2D eigenvalue weighted by atomic mass is 32.2. The third-order valence-electron chi connectivity index (χ3n) is 6.42. The standard InChI is InChI=1S/C28H29F3O6S2/c1-19(28(30,31)39(32,33)34)37-22-9-15-25(16-10-22)38(24-13-7-21(29)8-14-24)23-11-5-20(6-12-23)27(4)18-35-26(2,3)17-36-27/h5-16,19H,17-18H2,1-4H3/p+1. The lowest BCUT2D eigenvalue weighted by Crippen LogP contribution is -2.47. The van der Waals surface area contributed by atoms with Gasteiger partial charge in [-0.05, 0) is 93.9 Å². The van der Waals surface area contributed by atoms with E-state index in [1.54, 1.807) is 24.3 Å². The van der Waals surface area contributed by atoms with Crippen molar-refractivity contribution in [1.29, 1.82) is 0 Å². The Balaban J connectivity index is 1.62. The molecule has 1 aliphatic rings. The summed E-state index contributed by atoms with van der Waals surface area (Å²) < 4.78 is 89.7. The highest BCUT2D eigenvalue weighted by Crippen LogP contribution is 2.37. The molecule has 0 aromatic heterocycles. The summed E-state index contributed by atoms with van der Waals surface area (Å²) in [6.45, 7) is 7.63. The summed E-state index contributed by atoms with van der Waals surface area (Å²) in [5.41, 5.74) is -0.0193. The van der Waals surface area contributed by atoms with Crippen LogP contribution in [0.1, 0.15) is 33.3 Å². The minimum Gasteiger partial charge on any atom is -0.483 e. The quantitative estimate of drug-likeness (QED) is 0.251. The summed E-state index contributed by atoms with van der Waals surface area (Å²) in [5.74, 6) is -0.377. The molecular formula is C28H30F3O6S2+. The van der Waals surface area contributed by atoms with E-state index in [0.717, 1.165) is 27.2 Å². The number of ether oxygens (including phenoxy) is 3. The lowest BCUT2D eigenvalue weighted by Gasteiger charge is -2.41. The first-order valence-electron chi connectivity index (χ1n) is 12.1. The normalized spacial score (nSPS) is 21.2. The average Bonchev–Trinajstić information content (AvgIpc) is 2.88. The zero-order chi connectivity index (χ0) is 28.6. The van der Waals surface area contributed by atoms with Gasteiger partial charge in [0, 0.05) is 0 Å². The summed E-state index contributed by atoms with van der Waals surface area (Å²) in [4.78, 5) is 2.54. The number of hydrogen-bond acceptors (Lipinski definition) is 5. The second-order valence-corrected chi connectivity index (χ2v) is 13.6. The molecule has 3 unspecified atom stereocenters. The molecule has 39 heavy (non-hydrogen) atoms. The van der Waals surface area contributed by atoms with Gasteiger partial charge in [0.25, 0.3) is 0 Å². The fraction of sp³-hybridized carbons (Fsp3) is 0.357. The number of benzene rings is 3. The second-order valence-electron chi connectivity index (χ2n) is 10.1. The number of alkyl halides is 2.